The lowest BCUT2D eigenvalue weighted by Crippen LogP contribution is -2.55. The summed E-state index contributed by atoms with van der Waals surface area (Å²) < 4.78 is 0. The standard InChI is InChI=1S/C23H33N3O3/c1-17(2)22(28)26-15-11-18(12-16-26)20(23(29)25-13-7-4-8-14-25)24-21(27)19-9-5-3-6-10-19/h3,5-6,9-10,17-18,20H,4,7-8,11-16H2,1-2H3,(H,24,27)/t20-/m0/s1. The fraction of sp³-hybridized carbons (Fsp3) is 0.609. The zero-order valence-electron chi connectivity index (χ0n) is 17.6. The van der Waals surface area contributed by atoms with Crippen molar-refractivity contribution in [1.82, 2.24) is 15.1 Å². The third kappa shape index (κ3) is 5.37. The molecule has 0 saturated carbocycles. The SMILES string of the molecule is CC(C)C(=O)N1CCC([C@H](NC(=O)c2ccccc2)C(=O)N2CCCCC2)CC1. The van der Waals surface area contributed by atoms with Gasteiger partial charge in [0.15, 0.2) is 0 Å². The number of carbonyl (C=O) groups is 3. The van der Waals surface area contributed by atoms with Crippen LogP contribution in [0.5, 0.6) is 0 Å². The largest absolute Gasteiger partial charge is 0.342 e. The molecule has 0 bridgehead atoms. The van der Waals surface area contributed by atoms with Gasteiger partial charge in [-0.15, -0.1) is 0 Å². The number of likely N-dealkylation sites (tertiary alicyclic amines) is 2. The van der Waals surface area contributed by atoms with Gasteiger partial charge in [-0.1, -0.05) is 32.0 Å². The number of hydrogen-bond donors (Lipinski definition) is 1. The van der Waals surface area contributed by atoms with Crippen LogP contribution >= 0.6 is 0 Å². The molecule has 1 atom stereocenters. The molecule has 158 valence electrons. The molecule has 0 unspecified atom stereocenters. The third-order valence-corrected chi connectivity index (χ3v) is 6.07. The zero-order valence-corrected chi connectivity index (χ0v) is 17.6. The highest BCUT2D eigenvalue weighted by molar-refractivity contribution is 5.97. The van der Waals surface area contributed by atoms with Gasteiger partial charge < -0.3 is 15.1 Å². The minimum absolute atomic E-state index is 0.0184. The monoisotopic (exact) mass is 399 g/mol. The van der Waals surface area contributed by atoms with Gasteiger partial charge in [-0.2, -0.15) is 0 Å². The molecule has 6 heteroatoms. The van der Waals surface area contributed by atoms with E-state index in [0.717, 1.165) is 45.2 Å². The lowest BCUT2D eigenvalue weighted by atomic mass is 9.87. The van der Waals surface area contributed by atoms with Crippen LogP contribution in [-0.4, -0.2) is 59.7 Å². The summed E-state index contributed by atoms with van der Waals surface area (Å²) in [6.07, 6.45) is 4.66. The fourth-order valence-corrected chi connectivity index (χ4v) is 4.32. The van der Waals surface area contributed by atoms with Crippen LogP contribution in [0.15, 0.2) is 30.3 Å². The van der Waals surface area contributed by atoms with Crippen LogP contribution in [0.1, 0.15) is 56.3 Å². The molecular formula is C23H33N3O3. The summed E-state index contributed by atoms with van der Waals surface area (Å²) in [5, 5.41) is 3.03. The van der Waals surface area contributed by atoms with Crippen LogP contribution in [0.2, 0.25) is 0 Å². The van der Waals surface area contributed by atoms with E-state index in [1.807, 2.05) is 41.8 Å². The van der Waals surface area contributed by atoms with E-state index in [-0.39, 0.29) is 29.6 Å². The number of benzene rings is 1. The maximum absolute atomic E-state index is 13.3. The first-order chi connectivity index (χ1) is 14.0. The molecule has 0 spiro atoms. The molecule has 2 aliphatic rings. The van der Waals surface area contributed by atoms with Crippen molar-refractivity contribution in [2.75, 3.05) is 26.2 Å². The Kier molecular flexibility index (Phi) is 7.29. The minimum Gasteiger partial charge on any atom is -0.342 e. The highest BCUT2D eigenvalue weighted by atomic mass is 16.2. The summed E-state index contributed by atoms with van der Waals surface area (Å²) in [5.41, 5.74) is 0.566. The summed E-state index contributed by atoms with van der Waals surface area (Å²) in [5.74, 6) is 0.0170. The van der Waals surface area contributed by atoms with Gasteiger partial charge in [0.2, 0.25) is 11.8 Å². The topological polar surface area (TPSA) is 69.7 Å². The maximum atomic E-state index is 13.3. The molecule has 29 heavy (non-hydrogen) atoms. The number of amides is 3. The third-order valence-electron chi connectivity index (χ3n) is 6.07. The predicted molar refractivity (Wildman–Crippen MR) is 112 cm³/mol. The molecule has 0 aliphatic carbocycles. The highest BCUT2D eigenvalue weighted by Gasteiger charge is 2.36. The first-order valence-electron chi connectivity index (χ1n) is 10.9. The number of rotatable bonds is 5. The van der Waals surface area contributed by atoms with Crippen LogP contribution in [-0.2, 0) is 9.59 Å². The van der Waals surface area contributed by atoms with Gasteiger partial charge in [0.25, 0.3) is 5.91 Å². The van der Waals surface area contributed by atoms with Crippen molar-refractivity contribution in [2.45, 2.75) is 52.0 Å². The lowest BCUT2D eigenvalue weighted by molar-refractivity contribution is -0.138. The Morgan fingerprint density at radius 3 is 2.03 bits per heavy atom. The van der Waals surface area contributed by atoms with Crippen LogP contribution in [0.3, 0.4) is 0 Å². The molecule has 2 heterocycles. The van der Waals surface area contributed by atoms with Crippen LogP contribution < -0.4 is 5.32 Å². The van der Waals surface area contributed by atoms with Crippen molar-refractivity contribution in [1.29, 1.82) is 0 Å². The summed E-state index contributed by atoms with van der Waals surface area (Å²) in [6.45, 7) is 6.65. The number of nitrogens with one attached hydrogen (secondary N) is 1. The van der Waals surface area contributed by atoms with E-state index < -0.39 is 6.04 Å². The minimum atomic E-state index is -0.530. The van der Waals surface area contributed by atoms with Crippen LogP contribution in [0, 0.1) is 11.8 Å². The van der Waals surface area contributed by atoms with E-state index >= 15 is 0 Å². The fourth-order valence-electron chi connectivity index (χ4n) is 4.32. The Hall–Kier alpha value is -2.37. The summed E-state index contributed by atoms with van der Waals surface area (Å²) >= 11 is 0. The van der Waals surface area contributed by atoms with Crippen LogP contribution in [0.4, 0.5) is 0 Å². The Morgan fingerprint density at radius 2 is 1.45 bits per heavy atom. The molecule has 2 fully saturated rings. The molecule has 3 rings (SSSR count). The number of nitrogens with zero attached hydrogens (tertiary/aromatic N) is 2. The van der Waals surface area contributed by atoms with Gasteiger partial charge in [0.05, 0.1) is 0 Å². The van der Waals surface area contributed by atoms with Crippen molar-refractivity contribution < 1.29 is 14.4 Å². The first-order valence-corrected chi connectivity index (χ1v) is 10.9. The first kappa shape index (κ1) is 21.3. The average Bonchev–Trinajstić information content (AvgIpc) is 2.77. The number of piperidine rings is 2. The molecule has 6 nitrogen and oxygen atoms in total. The van der Waals surface area contributed by atoms with Crippen LogP contribution in [0.25, 0.3) is 0 Å². The van der Waals surface area contributed by atoms with Crippen molar-refractivity contribution >= 4 is 17.7 Å². The van der Waals surface area contributed by atoms with Gasteiger partial charge >= 0.3 is 0 Å². The second-order valence-corrected chi connectivity index (χ2v) is 8.52. The summed E-state index contributed by atoms with van der Waals surface area (Å²) in [4.78, 5) is 42.2. The van der Waals surface area contributed by atoms with Gasteiger partial charge in [0, 0.05) is 37.7 Å². The second kappa shape index (κ2) is 9.90. The van der Waals surface area contributed by atoms with E-state index in [1.165, 1.54) is 0 Å². The summed E-state index contributed by atoms with van der Waals surface area (Å²) in [7, 11) is 0. The lowest BCUT2D eigenvalue weighted by Gasteiger charge is -2.39. The van der Waals surface area contributed by atoms with Crippen molar-refractivity contribution in [2.24, 2.45) is 11.8 Å². The molecule has 3 amide bonds. The van der Waals surface area contributed by atoms with Gasteiger partial charge in [-0.05, 0) is 50.2 Å². The van der Waals surface area contributed by atoms with Gasteiger partial charge in [-0.25, -0.2) is 0 Å². The maximum Gasteiger partial charge on any atom is 0.251 e. The van der Waals surface area contributed by atoms with E-state index in [2.05, 4.69) is 5.32 Å². The second-order valence-electron chi connectivity index (χ2n) is 8.52. The molecule has 0 aromatic heterocycles. The predicted octanol–water partition coefficient (Wildman–Crippen LogP) is 2.69. The molecule has 2 aliphatic heterocycles. The normalized spacial score (nSPS) is 19.1. The van der Waals surface area contributed by atoms with Crippen molar-refractivity contribution in [3.05, 3.63) is 35.9 Å². The molecule has 1 aromatic rings. The van der Waals surface area contributed by atoms with E-state index in [9.17, 15) is 14.4 Å². The van der Waals surface area contributed by atoms with Crippen molar-refractivity contribution in [3.8, 4) is 0 Å². The van der Waals surface area contributed by atoms with Gasteiger partial charge in [0.1, 0.15) is 6.04 Å². The van der Waals surface area contributed by atoms with E-state index in [0.29, 0.717) is 18.7 Å². The Bertz CT molecular complexity index is 705. The molecule has 1 aromatic carbocycles. The number of carbonyl (C=O) groups excluding carboxylic acids is 3. The quantitative estimate of drug-likeness (QED) is 0.828. The average molecular weight is 400 g/mol. The Morgan fingerprint density at radius 1 is 0.862 bits per heavy atom. The van der Waals surface area contributed by atoms with E-state index in [1.54, 1.807) is 12.1 Å². The summed E-state index contributed by atoms with van der Waals surface area (Å²) in [6, 6.07) is 8.52. The van der Waals surface area contributed by atoms with Gasteiger partial charge in [-0.3, -0.25) is 14.4 Å². The molecule has 1 N–H and O–H groups in total. The van der Waals surface area contributed by atoms with Crippen molar-refractivity contribution in [3.63, 3.8) is 0 Å². The number of hydrogen-bond acceptors (Lipinski definition) is 3. The highest BCUT2D eigenvalue weighted by Crippen LogP contribution is 2.24. The molecular weight excluding hydrogens is 366 g/mol. The Labute approximate surface area is 173 Å². The van der Waals surface area contributed by atoms with E-state index in [4.69, 9.17) is 0 Å². The molecule has 2 saturated heterocycles. The zero-order chi connectivity index (χ0) is 20.8. The smallest absolute Gasteiger partial charge is 0.251 e. The Balaban J connectivity index is 1.71. The molecule has 0 radical (unpaired) electrons.